The molecule has 3 nitrogen and oxygen atoms in total. The third kappa shape index (κ3) is 2.58. The van der Waals surface area contributed by atoms with Gasteiger partial charge in [0.25, 0.3) is 0 Å². The second kappa shape index (κ2) is 4.60. The molecule has 0 aliphatic heterocycles. The van der Waals surface area contributed by atoms with E-state index in [1.54, 1.807) is 0 Å². The largest absolute Gasteiger partial charge is 0.352 e. The van der Waals surface area contributed by atoms with Crippen LogP contribution in [0.5, 0.6) is 0 Å². The summed E-state index contributed by atoms with van der Waals surface area (Å²) in [5.41, 5.74) is 5.41. The van der Waals surface area contributed by atoms with E-state index >= 15 is 0 Å². The number of carbonyl (C=O) groups is 1. The van der Waals surface area contributed by atoms with E-state index in [2.05, 4.69) is 11.9 Å². The number of amides is 1. The van der Waals surface area contributed by atoms with Crippen LogP contribution in [-0.2, 0) is 4.79 Å². The second-order valence-corrected chi connectivity index (χ2v) is 4.26. The fourth-order valence-electron chi connectivity index (χ4n) is 1.91. The Morgan fingerprint density at radius 3 is 2.71 bits per heavy atom. The van der Waals surface area contributed by atoms with Gasteiger partial charge >= 0.3 is 0 Å². The van der Waals surface area contributed by atoms with E-state index in [1.807, 2.05) is 13.0 Å². The summed E-state index contributed by atoms with van der Waals surface area (Å²) in [5.74, 6) is 0.00403. The maximum absolute atomic E-state index is 11.8. The van der Waals surface area contributed by atoms with Crippen molar-refractivity contribution in [2.45, 2.75) is 50.6 Å². The summed E-state index contributed by atoms with van der Waals surface area (Å²) in [6.45, 7) is 5.61. The highest BCUT2D eigenvalue weighted by atomic mass is 16.2. The van der Waals surface area contributed by atoms with Gasteiger partial charge < -0.3 is 11.1 Å². The molecular formula is C11H20N2O. The number of rotatable bonds is 4. The van der Waals surface area contributed by atoms with Crippen LogP contribution in [0.3, 0.4) is 0 Å². The first kappa shape index (κ1) is 11.2. The average Bonchev–Trinajstić information content (AvgIpc) is 2.54. The first-order valence-electron chi connectivity index (χ1n) is 5.29. The van der Waals surface area contributed by atoms with Gasteiger partial charge in [0.2, 0.25) is 5.91 Å². The van der Waals surface area contributed by atoms with Crippen LogP contribution in [0.25, 0.3) is 0 Å². The van der Waals surface area contributed by atoms with Crippen molar-refractivity contribution >= 4 is 5.91 Å². The Labute approximate surface area is 85.7 Å². The van der Waals surface area contributed by atoms with Gasteiger partial charge in [0.1, 0.15) is 0 Å². The predicted octanol–water partition coefficient (Wildman–Crippen LogP) is 1.34. The highest BCUT2D eigenvalue weighted by Gasteiger charge is 2.37. The van der Waals surface area contributed by atoms with E-state index in [1.165, 1.54) is 0 Å². The van der Waals surface area contributed by atoms with E-state index in [0.29, 0.717) is 0 Å². The molecule has 0 aromatic rings. The Bertz CT molecular complexity index is 219. The van der Waals surface area contributed by atoms with E-state index in [0.717, 1.165) is 32.1 Å². The fraction of sp³-hybridized carbons (Fsp3) is 0.727. The first-order chi connectivity index (χ1) is 6.58. The van der Waals surface area contributed by atoms with Gasteiger partial charge in [0, 0.05) is 6.04 Å². The van der Waals surface area contributed by atoms with Gasteiger partial charge in [-0.25, -0.2) is 0 Å². The summed E-state index contributed by atoms with van der Waals surface area (Å²) >= 11 is 0. The lowest BCUT2D eigenvalue weighted by Gasteiger charge is -2.24. The zero-order valence-electron chi connectivity index (χ0n) is 8.88. The molecule has 14 heavy (non-hydrogen) atoms. The molecule has 1 saturated carbocycles. The number of nitrogens with one attached hydrogen (secondary N) is 1. The molecular weight excluding hydrogens is 176 g/mol. The van der Waals surface area contributed by atoms with E-state index in [-0.39, 0.29) is 11.9 Å². The maximum Gasteiger partial charge on any atom is 0.240 e. The van der Waals surface area contributed by atoms with E-state index in [9.17, 15) is 4.79 Å². The molecule has 3 N–H and O–H groups in total. The third-order valence-corrected chi connectivity index (χ3v) is 2.85. The molecule has 1 rings (SSSR count). The molecule has 0 heterocycles. The zero-order chi connectivity index (χ0) is 10.6. The summed E-state index contributed by atoms with van der Waals surface area (Å²) in [6.07, 6.45) is 6.38. The highest BCUT2D eigenvalue weighted by molar-refractivity contribution is 5.86. The maximum atomic E-state index is 11.8. The Kier molecular flexibility index (Phi) is 3.69. The normalized spacial score (nSPS) is 21.6. The third-order valence-electron chi connectivity index (χ3n) is 2.85. The number of hydrogen-bond acceptors (Lipinski definition) is 2. The molecule has 80 valence electrons. The van der Waals surface area contributed by atoms with Gasteiger partial charge in [-0.1, -0.05) is 18.9 Å². The summed E-state index contributed by atoms with van der Waals surface area (Å²) < 4.78 is 0. The smallest absolute Gasteiger partial charge is 0.240 e. The minimum atomic E-state index is -0.602. The van der Waals surface area contributed by atoms with Crippen LogP contribution in [-0.4, -0.2) is 17.5 Å². The lowest BCUT2D eigenvalue weighted by molar-refractivity contribution is -0.126. The quantitative estimate of drug-likeness (QED) is 0.667. The second-order valence-electron chi connectivity index (χ2n) is 4.26. The van der Waals surface area contributed by atoms with E-state index in [4.69, 9.17) is 5.73 Å². The van der Waals surface area contributed by atoms with Crippen molar-refractivity contribution in [3.8, 4) is 0 Å². The van der Waals surface area contributed by atoms with Crippen LogP contribution in [0.15, 0.2) is 12.7 Å². The van der Waals surface area contributed by atoms with Crippen LogP contribution in [0.1, 0.15) is 39.0 Å². The monoisotopic (exact) mass is 196 g/mol. The molecule has 1 aliphatic carbocycles. The lowest BCUT2D eigenvalue weighted by atomic mass is 9.97. The van der Waals surface area contributed by atoms with Crippen molar-refractivity contribution in [3.05, 3.63) is 12.7 Å². The molecule has 0 radical (unpaired) electrons. The Hall–Kier alpha value is -0.830. The van der Waals surface area contributed by atoms with Crippen LogP contribution in [0.2, 0.25) is 0 Å². The number of hydrogen-bond donors (Lipinski definition) is 2. The summed E-state index contributed by atoms with van der Waals surface area (Å²) in [5, 5.41) is 2.93. The minimum absolute atomic E-state index is 0.00403. The van der Waals surface area contributed by atoms with Gasteiger partial charge in [0.05, 0.1) is 5.54 Å². The summed E-state index contributed by atoms with van der Waals surface area (Å²) in [4.78, 5) is 11.8. The number of carbonyl (C=O) groups excluding carboxylic acids is 1. The summed E-state index contributed by atoms with van der Waals surface area (Å²) in [7, 11) is 0. The molecule has 1 atom stereocenters. The van der Waals surface area contributed by atoms with Crippen molar-refractivity contribution in [1.29, 1.82) is 0 Å². The summed E-state index contributed by atoms with van der Waals surface area (Å²) in [6, 6.07) is 0.140. The Morgan fingerprint density at radius 1 is 1.64 bits per heavy atom. The first-order valence-corrected chi connectivity index (χ1v) is 5.29. The highest BCUT2D eigenvalue weighted by Crippen LogP contribution is 2.27. The van der Waals surface area contributed by atoms with Crippen molar-refractivity contribution < 1.29 is 4.79 Å². The van der Waals surface area contributed by atoms with Gasteiger partial charge in [0.15, 0.2) is 0 Å². The fourth-order valence-corrected chi connectivity index (χ4v) is 1.91. The standard InChI is InChI=1S/C11H20N2O/c1-3-6-9(2)13-10(14)11(12)7-4-5-8-11/h3,9H,1,4-8,12H2,2H3,(H,13,14). The van der Waals surface area contributed by atoms with Crippen LogP contribution < -0.4 is 11.1 Å². The molecule has 1 unspecified atom stereocenters. The molecule has 0 saturated heterocycles. The SMILES string of the molecule is C=CCC(C)NC(=O)C1(N)CCCC1. The molecule has 3 heteroatoms. The van der Waals surface area contributed by atoms with Gasteiger partial charge in [-0.15, -0.1) is 6.58 Å². The zero-order valence-corrected chi connectivity index (χ0v) is 8.88. The average molecular weight is 196 g/mol. The molecule has 0 aromatic heterocycles. The van der Waals surface area contributed by atoms with Crippen molar-refractivity contribution in [2.75, 3.05) is 0 Å². The van der Waals surface area contributed by atoms with Crippen LogP contribution >= 0.6 is 0 Å². The molecule has 1 aliphatic rings. The lowest BCUT2D eigenvalue weighted by Crippen LogP contribution is -2.53. The van der Waals surface area contributed by atoms with Crippen LogP contribution in [0, 0.1) is 0 Å². The molecule has 0 aromatic carbocycles. The predicted molar refractivity (Wildman–Crippen MR) is 57.8 cm³/mol. The molecule has 1 fully saturated rings. The van der Waals surface area contributed by atoms with Gasteiger partial charge in [-0.3, -0.25) is 4.79 Å². The molecule has 1 amide bonds. The molecule has 0 bridgehead atoms. The number of nitrogens with two attached hydrogens (primary N) is 1. The van der Waals surface area contributed by atoms with Crippen molar-refractivity contribution in [3.63, 3.8) is 0 Å². The van der Waals surface area contributed by atoms with Crippen molar-refractivity contribution in [1.82, 2.24) is 5.32 Å². The van der Waals surface area contributed by atoms with Crippen molar-refractivity contribution in [2.24, 2.45) is 5.73 Å². The van der Waals surface area contributed by atoms with Gasteiger partial charge in [-0.05, 0) is 26.2 Å². The minimum Gasteiger partial charge on any atom is -0.352 e. The molecule has 0 spiro atoms. The van der Waals surface area contributed by atoms with E-state index < -0.39 is 5.54 Å². The Balaban J connectivity index is 2.44. The Morgan fingerprint density at radius 2 is 2.21 bits per heavy atom. The van der Waals surface area contributed by atoms with Gasteiger partial charge in [-0.2, -0.15) is 0 Å². The topological polar surface area (TPSA) is 55.1 Å². The van der Waals surface area contributed by atoms with Crippen LogP contribution in [0.4, 0.5) is 0 Å².